The monoisotopic (exact) mass is 487 g/mol. The molecule has 0 amide bonds. The molecule has 4 heteroatoms. The molecule has 0 aliphatic rings. The number of benzene rings is 4. The quantitative estimate of drug-likeness (QED) is 0.202. The van der Waals surface area contributed by atoms with E-state index in [0.717, 1.165) is 17.4 Å². The van der Waals surface area contributed by atoms with Crippen LogP contribution in [-0.4, -0.2) is 22.6 Å². The van der Waals surface area contributed by atoms with Crippen molar-refractivity contribution in [2.75, 3.05) is 13.3 Å². The van der Waals surface area contributed by atoms with Crippen LogP contribution in [0.4, 0.5) is 0 Å². The zero-order chi connectivity index (χ0) is 23.2. The SMILES string of the molecule is CP(C)(SC(=S)N(Cc1ccccc1)Cc1ccccc1)(c1ccccc1)c1ccccc1. The van der Waals surface area contributed by atoms with E-state index in [-0.39, 0.29) is 0 Å². The number of hydrogen-bond acceptors (Lipinski definition) is 2. The van der Waals surface area contributed by atoms with Crippen molar-refractivity contribution >= 4 is 44.3 Å². The van der Waals surface area contributed by atoms with Gasteiger partial charge in [-0.05, 0) is 0 Å². The molecule has 0 spiro atoms. The first-order valence-electron chi connectivity index (χ1n) is 11.1. The van der Waals surface area contributed by atoms with Crippen LogP contribution in [-0.2, 0) is 13.1 Å². The molecule has 0 fully saturated rings. The Morgan fingerprint density at radius 1 is 0.606 bits per heavy atom. The summed E-state index contributed by atoms with van der Waals surface area (Å²) < 4.78 is 0.943. The molecule has 168 valence electrons. The minimum absolute atomic E-state index is 0.789. The Labute approximate surface area is 207 Å². The third kappa shape index (κ3) is 5.55. The fourth-order valence-electron chi connectivity index (χ4n) is 4.06. The predicted octanol–water partition coefficient (Wildman–Crippen LogP) is 7.09. The minimum atomic E-state index is -2.63. The van der Waals surface area contributed by atoms with E-state index in [0.29, 0.717) is 0 Å². The van der Waals surface area contributed by atoms with Crippen LogP contribution in [0.15, 0.2) is 121 Å². The maximum absolute atomic E-state index is 6.22. The molecule has 0 bridgehead atoms. The molecule has 0 saturated heterocycles. The van der Waals surface area contributed by atoms with Gasteiger partial charge in [0.25, 0.3) is 0 Å². The molecule has 0 radical (unpaired) electrons. The fraction of sp³-hybridized carbons (Fsp3) is 0.138. The number of hydrogen-bond donors (Lipinski definition) is 0. The summed E-state index contributed by atoms with van der Waals surface area (Å²) in [4.78, 5) is 2.35. The van der Waals surface area contributed by atoms with E-state index < -0.39 is 5.81 Å². The summed E-state index contributed by atoms with van der Waals surface area (Å²) in [5.74, 6) is -2.63. The average molecular weight is 488 g/mol. The number of nitrogens with zero attached hydrogens (tertiary/aromatic N) is 1. The molecule has 33 heavy (non-hydrogen) atoms. The summed E-state index contributed by atoms with van der Waals surface area (Å²) >= 11 is 8.11. The van der Waals surface area contributed by atoms with E-state index in [1.54, 1.807) is 0 Å². The standard InChI is InChI=1S/C29H30NPS2/c1-31(2,27-19-11-5-12-20-27,28-21-13-6-14-22-28)33-29(32)30(23-25-15-7-3-8-16-25)24-26-17-9-4-10-18-26/h3-22H,23-24H2,1-2H3. The summed E-state index contributed by atoms with van der Waals surface area (Å²) in [5.41, 5.74) is 2.53. The maximum atomic E-state index is 6.22. The number of rotatable bonds is 7. The molecule has 0 atom stereocenters. The number of thiocarbonyl (C=S) groups is 1. The van der Waals surface area contributed by atoms with Gasteiger partial charge in [0.15, 0.2) is 0 Å². The van der Waals surface area contributed by atoms with Crippen molar-refractivity contribution in [2.45, 2.75) is 13.1 Å². The topological polar surface area (TPSA) is 3.24 Å². The Morgan fingerprint density at radius 3 is 1.30 bits per heavy atom. The van der Waals surface area contributed by atoms with E-state index in [4.69, 9.17) is 12.2 Å². The zero-order valence-electron chi connectivity index (χ0n) is 19.2. The van der Waals surface area contributed by atoms with Crippen molar-refractivity contribution in [1.29, 1.82) is 0 Å². The van der Waals surface area contributed by atoms with Crippen LogP contribution in [0.5, 0.6) is 0 Å². The van der Waals surface area contributed by atoms with Gasteiger partial charge in [-0.25, -0.2) is 0 Å². The van der Waals surface area contributed by atoms with Crippen LogP contribution >= 0.6 is 29.4 Å². The molecule has 0 heterocycles. The summed E-state index contributed by atoms with van der Waals surface area (Å²) in [5, 5.41) is 2.72. The molecule has 0 saturated carbocycles. The van der Waals surface area contributed by atoms with Crippen LogP contribution in [0.2, 0.25) is 0 Å². The van der Waals surface area contributed by atoms with E-state index in [1.165, 1.54) is 21.7 Å². The van der Waals surface area contributed by atoms with Crippen molar-refractivity contribution < 1.29 is 0 Å². The van der Waals surface area contributed by atoms with Crippen LogP contribution in [0.3, 0.4) is 0 Å². The van der Waals surface area contributed by atoms with Gasteiger partial charge in [-0.3, -0.25) is 0 Å². The Hall–Kier alpha value is -2.45. The second-order valence-corrected chi connectivity index (χ2v) is 18.9. The van der Waals surface area contributed by atoms with Gasteiger partial charge in [0, 0.05) is 0 Å². The normalized spacial score (nSPS) is 12.5. The van der Waals surface area contributed by atoms with Crippen molar-refractivity contribution in [3.05, 3.63) is 132 Å². The molecule has 1 nitrogen and oxygen atoms in total. The molecule has 0 aromatic heterocycles. The van der Waals surface area contributed by atoms with Crippen LogP contribution < -0.4 is 10.6 Å². The first-order valence-corrected chi connectivity index (χ1v) is 16.1. The second-order valence-electron chi connectivity index (χ2n) is 8.86. The van der Waals surface area contributed by atoms with Crippen molar-refractivity contribution in [3.63, 3.8) is 0 Å². The molecular weight excluding hydrogens is 457 g/mol. The Bertz CT molecular complexity index is 1090. The van der Waals surface area contributed by atoms with Crippen LogP contribution in [0.1, 0.15) is 11.1 Å². The molecule has 4 aromatic rings. The van der Waals surface area contributed by atoms with Gasteiger partial charge < -0.3 is 0 Å². The first kappa shape index (κ1) is 23.7. The average Bonchev–Trinajstić information content (AvgIpc) is 2.86. The second kappa shape index (κ2) is 10.2. The van der Waals surface area contributed by atoms with Gasteiger partial charge in [-0.2, -0.15) is 0 Å². The molecule has 0 N–H and O–H groups in total. The van der Waals surface area contributed by atoms with Crippen molar-refractivity contribution in [1.82, 2.24) is 4.90 Å². The van der Waals surface area contributed by atoms with E-state index in [1.807, 2.05) is 11.4 Å². The third-order valence-corrected chi connectivity index (χ3v) is 14.9. The molecule has 0 aliphatic heterocycles. The molecule has 4 aromatic carbocycles. The summed E-state index contributed by atoms with van der Waals surface area (Å²) in [6, 6.07) is 43.0. The Morgan fingerprint density at radius 2 is 0.939 bits per heavy atom. The Balaban J connectivity index is 1.72. The fourth-order valence-corrected chi connectivity index (χ4v) is 12.6. The van der Waals surface area contributed by atoms with E-state index >= 15 is 0 Å². The zero-order valence-corrected chi connectivity index (χ0v) is 21.7. The summed E-state index contributed by atoms with van der Waals surface area (Å²) in [6.07, 6.45) is 0. The van der Waals surface area contributed by atoms with Crippen molar-refractivity contribution in [3.8, 4) is 0 Å². The van der Waals surface area contributed by atoms with Gasteiger partial charge >= 0.3 is 208 Å². The van der Waals surface area contributed by atoms with E-state index in [2.05, 4.69) is 140 Å². The van der Waals surface area contributed by atoms with Gasteiger partial charge in [0.2, 0.25) is 0 Å². The molecule has 0 aliphatic carbocycles. The van der Waals surface area contributed by atoms with Crippen molar-refractivity contribution in [2.24, 2.45) is 0 Å². The van der Waals surface area contributed by atoms with Gasteiger partial charge in [-0.15, -0.1) is 0 Å². The third-order valence-electron chi connectivity index (χ3n) is 6.06. The summed E-state index contributed by atoms with van der Waals surface area (Å²) in [7, 11) is 0. The van der Waals surface area contributed by atoms with E-state index in [9.17, 15) is 0 Å². The summed E-state index contributed by atoms with van der Waals surface area (Å²) in [6.45, 7) is 6.43. The first-order chi connectivity index (χ1) is 15.9. The van der Waals surface area contributed by atoms with Crippen LogP contribution in [0, 0.1) is 0 Å². The molecular formula is C29H30NPS2. The Kier molecular flexibility index (Phi) is 7.34. The predicted molar refractivity (Wildman–Crippen MR) is 153 cm³/mol. The van der Waals surface area contributed by atoms with Gasteiger partial charge in [0.05, 0.1) is 0 Å². The molecule has 0 unspecified atom stereocenters. The molecule has 4 rings (SSSR count). The van der Waals surface area contributed by atoms with Gasteiger partial charge in [-0.1, -0.05) is 0 Å². The van der Waals surface area contributed by atoms with Gasteiger partial charge in [0.1, 0.15) is 0 Å². The van der Waals surface area contributed by atoms with Crippen LogP contribution in [0.25, 0.3) is 0 Å².